The lowest BCUT2D eigenvalue weighted by molar-refractivity contribution is 0.0239. The molecule has 0 spiro atoms. The summed E-state index contributed by atoms with van der Waals surface area (Å²) in [4.78, 5) is 13.0. The van der Waals surface area contributed by atoms with E-state index in [-0.39, 0.29) is 12.0 Å². The van der Waals surface area contributed by atoms with E-state index in [2.05, 4.69) is 33.4 Å². The quantitative estimate of drug-likeness (QED) is 0.555. The number of aryl methyl sites for hydroxylation is 1. The first-order valence-corrected chi connectivity index (χ1v) is 9.82. The molecule has 0 aliphatic carbocycles. The second-order valence-electron chi connectivity index (χ2n) is 6.91. The lowest BCUT2D eigenvalue weighted by Crippen LogP contribution is -2.38. The van der Waals surface area contributed by atoms with Gasteiger partial charge in [0.2, 0.25) is 0 Å². The second kappa shape index (κ2) is 6.34. The van der Waals surface area contributed by atoms with Crippen molar-refractivity contribution in [3.05, 3.63) is 58.1 Å². The maximum absolute atomic E-state index is 13.0. The van der Waals surface area contributed by atoms with Crippen molar-refractivity contribution in [1.82, 2.24) is 9.88 Å². The van der Waals surface area contributed by atoms with Crippen molar-refractivity contribution in [2.45, 2.75) is 18.9 Å². The van der Waals surface area contributed by atoms with Crippen LogP contribution in [-0.4, -0.2) is 36.3 Å². The van der Waals surface area contributed by atoms with E-state index in [9.17, 15) is 4.79 Å². The van der Waals surface area contributed by atoms with Crippen molar-refractivity contribution in [2.24, 2.45) is 0 Å². The fourth-order valence-electron chi connectivity index (χ4n) is 4.18. The Morgan fingerprint density at radius 1 is 1.19 bits per heavy atom. The van der Waals surface area contributed by atoms with Gasteiger partial charge in [-0.3, -0.25) is 9.36 Å². The Morgan fingerprint density at radius 3 is 2.85 bits per heavy atom. The molecular weight excluding hydrogens is 392 g/mol. The van der Waals surface area contributed by atoms with Gasteiger partial charge in [-0.25, -0.2) is 0 Å². The summed E-state index contributed by atoms with van der Waals surface area (Å²) >= 11 is 3.59. The molecule has 0 amide bonds. The number of hydrogen-bond donors (Lipinski definition) is 1. The van der Waals surface area contributed by atoms with Gasteiger partial charge in [0.05, 0.1) is 23.9 Å². The second-order valence-corrected chi connectivity index (χ2v) is 7.83. The van der Waals surface area contributed by atoms with E-state index in [0.29, 0.717) is 0 Å². The van der Waals surface area contributed by atoms with Crippen molar-refractivity contribution in [3.8, 4) is 11.3 Å². The van der Waals surface area contributed by atoms with Gasteiger partial charge >= 0.3 is 0 Å². The number of hydrogen-bond acceptors (Lipinski definition) is 3. The Balaban J connectivity index is 1.65. The van der Waals surface area contributed by atoms with Crippen molar-refractivity contribution in [1.29, 1.82) is 0 Å². The molecule has 0 radical (unpaired) electrons. The van der Waals surface area contributed by atoms with Gasteiger partial charge in [-0.15, -0.1) is 0 Å². The van der Waals surface area contributed by atoms with Gasteiger partial charge in [0.1, 0.15) is 0 Å². The SMILES string of the molecule is O=C1c2ccccc2-c2c(CCC3CNCCO3)c3cc(Br)ccc3n21. The lowest BCUT2D eigenvalue weighted by atomic mass is 9.97. The number of aromatic nitrogens is 1. The fourth-order valence-corrected chi connectivity index (χ4v) is 4.54. The van der Waals surface area contributed by atoms with E-state index in [1.54, 1.807) is 0 Å². The molecule has 4 nitrogen and oxygen atoms in total. The summed E-state index contributed by atoms with van der Waals surface area (Å²) in [6.45, 7) is 2.59. The van der Waals surface area contributed by atoms with E-state index in [4.69, 9.17) is 4.74 Å². The number of morpholine rings is 1. The van der Waals surface area contributed by atoms with Crippen LogP contribution in [0.4, 0.5) is 0 Å². The zero-order valence-corrected chi connectivity index (χ0v) is 15.9. The number of ether oxygens (including phenoxy) is 1. The summed E-state index contributed by atoms with van der Waals surface area (Å²) in [5, 5.41) is 4.55. The van der Waals surface area contributed by atoms with Crippen molar-refractivity contribution >= 4 is 32.7 Å². The van der Waals surface area contributed by atoms with Crippen LogP contribution < -0.4 is 5.32 Å². The van der Waals surface area contributed by atoms with Crippen LogP contribution in [0.1, 0.15) is 22.3 Å². The molecule has 5 rings (SSSR count). The number of halogens is 1. The first-order valence-electron chi connectivity index (χ1n) is 9.03. The Bertz CT molecular complexity index is 1020. The van der Waals surface area contributed by atoms with E-state index in [0.717, 1.165) is 64.7 Å². The molecule has 3 aromatic rings. The van der Waals surface area contributed by atoms with Gasteiger partial charge in [0.15, 0.2) is 0 Å². The van der Waals surface area contributed by atoms with Gasteiger partial charge < -0.3 is 10.1 Å². The summed E-state index contributed by atoms with van der Waals surface area (Å²) in [6, 6.07) is 14.1. The van der Waals surface area contributed by atoms with Gasteiger partial charge in [0.25, 0.3) is 5.91 Å². The molecule has 1 fully saturated rings. The summed E-state index contributed by atoms with van der Waals surface area (Å²) in [5.41, 5.74) is 5.13. The monoisotopic (exact) mass is 410 g/mol. The van der Waals surface area contributed by atoms with E-state index in [1.165, 1.54) is 5.56 Å². The Hall–Kier alpha value is -1.95. The summed E-state index contributed by atoms with van der Waals surface area (Å²) < 4.78 is 8.80. The summed E-state index contributed by atoms with van der Waals surface area (Å²) in [7, 11) is 0. The molecule has 132 valence electrons. The molecule has 2 aromatic carbocycles. The molecule has 1 saturated heterocycles. The zero-order chi connectivity index (χ0) is 17.7. The molecular formula is C21H19BrN2O2. The minimum Gasteiger partial charge on any atom is -0.376 e. The lowest BCUT2D eigenvalue weighted by Gasteiger charge is -2.23. The van der Waals surface area contributed by atoms with Crippen molar-refractivity contribution in [3.63, 3.8) is 0 Å². The Kier molecular flexibility index (Phi) is 3.96. The third-order valence-electron chi connectivity index (χ3n) is 5.37. The number of carbonyl (C=O) groups is 1. The van der Waals surface area contributed by atoms with Crippen LogP contribution in [-0.2, 0) is 11.2 Å². The normalized spacial score (nSPS) is 19.0. The smallest absolute Gasteiger partial charge is 0.263 e. The predicted octanol–water partition coefficient (Wildman–Crippen LogP) is 3.99. The highest BCUT2D eigenvalue weighted by Gasteiger charge is 2.32. The van der Waals surface area contributed by atoms with Crippen LogP contribution >= 0.6 is 15.9 Å². The topological polar surface area (TPSA) is 43.3 Å². The van der Waals surface area contributed by atoms with Crippen molar-refractivity contribution < 1.29 is 9.53 Å². The van der Waals surface area contributed by atoms with Crippen molar-refractivity contribution in [2.75, 3.05) is 19.7 Å². The number of nitrogens with zero attached hydrogens (tertiary/aromatic N) is 1. The standard InChI is InChI=1S/C21H19BrN2O2/c22-13-5-8-19-18(11-13)16(7-6-14-12-23-9-10-26-14)20-15-3-1-2-4-17(15)21(25)24(19)20/h1-5,8,11,14,23H,6-7,9-10,12H2. The third kappa shape index (κ3) is 2.46. The van der Waals surface area contributed by atoms with Crippen LogP contribution in [0.3, 0.4) is 0 Å². The van der Waals surface area contributed by atoms with E-state index < -0.39 is 0 Å². The highest BCUT2D eigenvalue weighted by molar-refractivity contribution is 9.10. The molecule has 2 aliphatic heterocycles. The molecule has 3 heterocycles. The van der Waals surface area contributed by atoms with E-state index >= 15 is 0 Å². The molecule has 26 heavy (non-hydrogen) atoms. The highest BCUT2D eigenvalue weighted by Crippen LogP contribution is 2.42. The summed E-state index contributed by atoms with van der Waals surface area (Å²) in [6.07, 6.45) is 2.07. The number of benzene rings is 2. The largest absolute Gasteiger partial charge is 0.376 e. The van der Waals surface area contributed by atoms with Gasteiger partial charge in [-0.05, 0) is 42.7 Å². The molecule has 1 N–H and O–H groups in total. The first-order chi connectivity index (χ1) is 12.7. The molecule has 1 atom stereocenters. The third-order valence-corrected chi connectivity index (χ3v) is 5.86. The Morgan fingerprint density at radius 2 is 2.04 bits per heavy atom. The molecule has 2 aliphatic rings. The number of fused-ring (bicyclic) bond motifs is 5. The molecule has 1 unspecified atom stereocenters. The molecule has 0 bridgehead atoms. The zero-order valence-electron chi connectivity index (χ0n) is 14.3. The Labute approximate surface area is 160 Å². The van der Waals surface area contributed by atoms with Crippen LogP contribution in [0.15, 0.2) is 46.9 Å². The average molecular weight is 411 g/mol. The minimum atomic E-state index is 0.0738. The number of carbonyl (C=O) groups excluding carboxylic acids is 1. The maximum Gasteiger partial charge on any atom is 0.263 e. The van der Waals surface area contributed by atoms with Crippen LogP contribution in [0.25, 0.3) is 22.2 Å². The minimum absolute atomic E-state index is 0.0738. The molecule has 5 heteroatoms. The summed E-state index contributed by atoms with van der Waals surface area (Å²) in [5.74, 6) is 0.0738. The van der Waals surface area contributed by atoms with E-state index in [1.807, 2.05) is 34.9 Å². The van der Waals surface area contributed by atoms with Gasteiger partial charge in [-0.2, -0.15) is 0 Å². The van der Waals surface area contributed by atoms with Crippen LogP contribution in [0.2, 0.25) is 0 Å². The maximum atomic E-state index is 13.0. The average Bonchev–Trinajstić information content (AvgIpc) is 3.14. The first kappa shape index (κ1) is 16.2. The highest BCUT2D eigenvalue weighted by atomic mass is 79.9. The predicted molar refractivity (Wildman–Crippen MR) is 106 cm³/mol. The van der Waals surface area contributed by atoms with Crippen LogP contribution in [0.5, 0.6) is 0 Å². The molecule has 1 aromatic heterocycles. The van der Waals surface area contributed by atoms with Crippen LogP contribution in [0, 0.1) is 0 Å². The number of rotatable bonds is 3. The van der Waals surface area contributed by atoms with Gasteiger partial charge in [0, 0.05) is 34.1 Å². The van der Waals surface area contributed by atoms with Gasteiger partial charge in [-0.1, -0.05) is 34.1 Å². The fraction of sp³-hybridized carbons (Fsp3) is 0.286. The number of nitrogens with one attached hydrogen (secondary N) is 1. The molecule has 0 saturated carbocycles.